The number of aryl methyl sites for hydroxylation is 1. The van der Waals surface area contributed by atoms with Crippen molar-refractivity contribution in [1.29, 1.82) is 0 Å². The van der Waals surface area contributed by atoms with Gasteiger partial charge in [0.25, 0.3) is 0 Å². The maximum absolute atomic E-state index is 12.8. The average molecular weight is 443 g/mol. The van der Waals surface area contributed by atoms with Gasteiger partial charge >= 0.3 is 16.2 Å². The van der Waals surface area contributed by atoms with Crippen molar-refractivity contribution in [3.63, 3.8) is 0 Å². The van der Waals surface area contributed by atoms with E-state index in [1.807, 2.05) is 33.3 Å². The van der Waals surface area contributed by atoms with Crippen molar-refractivity contribution in [3.05, 3.63) is 29.8 Å². The highest BCUT2D eigenvalue weighted by atomic mass is 32.2. The minimum absolute atomic E-state index is 0.246. The lowest BCUT2D eigenvalue weighted by molar-refractivity contribution is -0.872. The van der Waals surface area contributed by atoms with Crippen LogP contribution < -0.4 is 4.72 Å². The standard InChI is InChI=1S/C22H39N3O4S/c1-6-7-8-9-10-11-12-19-13-15-20(16-14-19)23-30(28,29)24(2)21(17-22(26)27)18-25(3,4)5/h13-16,21,23H,6-12,17-18H2,1-5H3/p+1. The molecular formula is C22H40N3O4S+. The lowest BCUT2D eigenvalue weighted by Crippen LogP contribution is -2.51. The number of likely N-dealkylation sites (N-methyl/N-ethyl adjacent to an activating group) is 2. The fourth-order valence-corrected chi connectivity index (χ4v) is 4.52. The topological polar surface area (TPSA) is 86.7 Å². The van der Waals surface area contributed by atoms with E-state index in [0.29, 0.717) is 16.7 Å². The third-order valence-electron chi connectivity index (χ3n) is 5.08. The Morgan fingerprint density at radius 2 is 1.63 bits per heavy atom. The molecule has 0 aliphatic carbocycles. The van der Waals surface area contributed by atoms with Crippen LogP contribution in [0.2, 0.25) is 0 Å². The van der Waals surface area contributed by atoms with Crippen molar-refractivity contribution in [2.75, 3.05) is 39.5 Å². The molecule has 0 amide bonds. The molecule has 1 aromatic rings. The number of hydrogen-bond acceptors (Lipinski definition) is 3. The van der Waals surface area contributed by atoms with Crippen LogP contribution in [-0.2, 0) is 21.4 Å². The quantitative estimate of drug-likeness (QED) is 0.320. The number of benzene rings is 1. The molecule has 0 radical (unpaired) electrons. The fraction of sp³-hybridized carbons (Fsp3) is 0.682. The summed E-state index contributed by atoms with van der Waals surface area (Å²) in [6.45, 7) is 2.60. The van der Waals surface area contributed by atoms with E-state index in [0.717, 1.165) is 17.1 Å². The molecule has 0 bridgehead atoms. The van der Waals surface area contributed by atoms with E-state index in [1.165, 1.54) is 44.7 Å². The molecule has 0 fully saturated rings. The number of carbonyl (C=O) groups is 1. The van der Waals surface area contributed by atoms with E-state index < -0.39 is 22.2 Å². The predicted octanol–water partition coefficient (Wildman–Crippen LogP) is 3.73. The Morgan fingerprint density at radius 3 is 2.17 bits per heavy atom. The van der Waals surface area contributed by atoms with Crippen LogP contribution in [0.25, 0.3) is 0 Å². The molecule has 1 unspecified atom stereocenters. The molecule has 2 N–H and O–H groups in total. The second kappa shape index (κ2) is 12.3. The largest absolute Gasteiger partial charge is 0.481 e. The van der Waals surface area contributed by atoms with Gasteiger partial charge in [-0.05, 0) is 30.5 Å². The number of rotatable bonds is 15. The number of quaternary nitrogens is 1. The van der Waals surface area contributed by atoms with E-state index in [2.05, 4.69) is 11.6 Å². The van der Waals surface area contributed by atoms with Gasteiger partial charge in [-0.1, -0.05) is 51.2 Å². The number of aliphatic carboxylic acids is 1. The van der Waals surface area contributed by atoms with Gasteiger partial charge in [0.1, 0.15) is 0 Å². The summed E-state index contributed by atoms with van der Waals surface area (Å²) in [5.41, 5.74) is 1.67. The zero-order valence-electron chi connectivity index (χ0n) is 19.2. The normalized spacial score (nSPS) is 13.4. The summed E-state index contributed by atoms with van der Waals surface area (Å²) in [6.07, 6.45) is 8.21. The highest BCUT2D eigenvalue weighted by molar-refractivity contribution is 7.90. The molecular weight excluding hydrogens is 402 g/mol. The molecule has 0 aliphatic rings. The molecule has 0 heterocycles. The van der Waals surface area contributed by atoms with Crippen molar-refractivity contribution in [3.8, 4) is 0 Å². The van der Waals surface area contributed by atoms with E-state index in [4.69, 9.17) is 0 Å². The first-order valence-electron chi connectivity index (χ1n) is 10.8. The Balaban J connectivity index is 2.69. The summed E-state index contributed by atoms with van der Waals surface area (Å²) in [4.78, 5) is 11.2. The average Bonchev–Trinajstić information content (AvgIpc) is 2.63. The van der Waals surface area contributed by atoms with Gasteiger partial charge in [0.05, 0.1) is 40.2 Å². The molecule has 0 aliphatic heterocycles. The SMILES string of the molecule is CCCCCCCCc1ccc(NS(=O)(=O)N(C)C(CC(=O)O)C[N+](C)(C)C)cc1. The molecule has 30 heavy (non-hydrogen) atoms. The van der Waals surface area contributed by atoms with Gasteiger partial charge in [-0.15, -0.1) is 0 Å². The van der Waals surface area contributed by atoms with Crippen LogP contribution in [0.4, 0.5) is 5.69 Å². The molecule has 7 nitrogen and oxygen atoms in total. The maximum atomic E-state index is 12.8. The first-order chi connectivity index (χ1) is 13.9. The van der Waals surface area contributed by atoms with E-state index >= 15 is 0 Å². The predicted molar refractivity (Wildman–Crippen MR) is 123 cm³/mol. The van der Waals surface area contributed by atoms with Gasteiger partial charge in [-0.3, -0.25) is 9.52 Å². The van der Waals surface area contributed by atoms with Crippen molar-refractivity contribution >= 4 is 21.9 Å². The number of nitrogens with zero attached hydrogens (tertiary/aromatic N) is 2. The summed E-state index contributed by atoms with van der Waals surface area (Å²) in [5.74, 6) is -1.02. The molecule has 1 rings (SSSR count). The second-order valence-corrected chi connectivity index (χ2v) is 10.8. The van der Waals surface area contributed by atoms with Crippen molar-refractivity contribution < 1.29 is 22.8 Å². The molecule has 0 spiro atoms. The lowest BCUT2D eigenvalue weighted by Gasteiger charge is -2.33. The minimum Gasteiger partial charge on any atom is -0.481 e. The van der Waals surface area contributed by atoms with Gasteiger partial charge in [-0.25, -0.2) is 0 Å². The van der Waals surface area contributed by atoms with Gasteiger partial charge in [-0.2, -0.15) is 12.7 Å². The van der Waals surface area contributed by atoms with E-state index in [1.54, 1.807) is 12.1 Å². The van der Waals surface area contributed by atoms with Gasteiger partial charge in [0.15, 0.2) is 0 Å². The summed E-state index contributed by atoms with van der Waals surface area (Å²) in [5, 5.41) is 9.20. The highest BCUT2D eigenvalue weighted by Crippen LogP contribution is 2.18. The molecule has 8 heteroatoms. The summed E-state index contributed by atoms with van der Waals surface area (Å²) >= 11 is 0. The third kappa shape index (κ3) is 10.4. The molecule has 0 aromatic heterocycles. The van der Waals surface area contributed by atoms with Crippen LogP contribution >= 0.6 is 0 Å². The second-order valence-electron chi connectivity index (χ2n) is 9.06. The highest BCUT2D eigenvalue weighted by Gasteiger charge is 2.32. The summed E-state index contributed by atoms with van der Waals surface area (Å²) < 4.78 is 29.8. The first kappa shape index (κ1) is 26.4. The fourth-order valence-electron chi connectivity index (χ4n) is 3.41. The van der Waals surface area contributed by atoms with Crippen LogP contribution in [0.5, 0.6) is 0 Å². The van der Waals surface area contributed by atoms with Crippen LogP contribution in [0.15, 0.2) is 24.3 Å². The van der Waals surface area contributed by atoms with Gasteiger partial charge < -0.3 is 9.59 Å². The number of unbranched alkanes of at least 4 members (excludes halogenated alkanes) is 5. The smallest absolute Gasteiger partial charge is 0.305 e. The number of anilines is 1. The van der Waals surface area contributed by atoms with Gasteiger partial charge in [0.2, 0.25) is 0 Å². The molecule has 0 saturated heterocycles. The maximum Gasteiger partial charge on any atom is 0.305 e. The number of hydrogen-bond donors (Lipinski definition) is 2. The number of carboxylic acids is 1. The van der Waals surface area contributed by atoms with Crippen molar-refractivity contribution in [1.82, 2.24) is 4.31 Å². The van der Waals surface area contributed by atoms with Crippen LogP contribution in [0.1, 0.15) is 57.4 Å². The molecule has 1 aromatic carbocycles. The van der Waals surface area contributed by atoms with Gasteiger partial charge in [0, 0.05) is 12.7 Å². The Morgan fingerprint density at radius 1 is 1.07 bits per heavy atom. The Bertz CT molecular complexity index is 743. The monoisotopic (exact) mass is 442 g/mol. The molecule has 0 saturated carbocycles. The summed E-state index contributed by atoms with van der Waals surface area (Å²) in [7, 11) is 3.29. The zero-order valence-corrected chi connectivity index (χ0v) is 20.0. The Kier molecular flexibility index (Phi) is 10.8. The third-order valence-corrected chi connectivity index (χ3v) is 6.63. The minimum atomic E-state index is -3.86. The molecule has 1 atom stereocenters. The van der Waals surface area contributed by atoms with Crippen LogP contribution in [-0.4, -0.2) is 69.1 Å². The van der Waals surface area contributed by atoms with Crippen molar-refractivity contribution in [2.45, 2.75) is 64.3 Å². The van der Waals surface area contributed by atoms with Crippen LogP contribution in [0.3, 0.4) is 0 Å². The number of nitrogens with one attached hydrogen (secondary N) is 1. The molecule has 172 valence electrons. The lowest BCUT2D eigenvalue weighted by atomic mass is 10.0. The Hall–Kier alpha value is -1.64. The Labute approximate surface area is 182 Å². The number of carboxylic acid groups (broad SMARTS) is 1. The zero-order chi connectivity index (χ0) is 22.8. The van der Waals surface area contributed by atoms with E-state index in [-0.39, 0.29) is 6.42 Å². The van der Waals surface area contributed by atoms with E-state index in [9.17, 15) is 18.3 Å². The van der Waals surface area contributed by atoms with Crippen molar-refractivity contribution in [2.24, 2.45) is 0 Å². The summed E-state index contributed by atoms with van der Waals surface area (Å²) in [6, 6.07) is 6.79. The van der Waals surface area contributed by atoms with Crippen LogP contribution in [0, 0.1) is 0 Å². The first-order valence-corrected chi connectivity index (χ1v) is 12.3.